The van der Waals surface area contributed by atoms with Crippen molar-refractivity contribution in [2.24, 2.45) is 5.92 Å². The van der Waals surface area contributed by atoms with Gasteiger partial charge in [0.1, 0.15) is 0 Å². The Kier molecular flexibility index (Phi) is 5.13. The second-order valence-electron chi connectivity index (χ2n) is 4.24. The van der Waals surface area contributed by atoms with Gasteiger partial charge in [0.05, 0.1) is 11.4 Å². The van der Waals surface area contributed by atoms with E-state index in [0.29, 0.717) is 12.0 Å². The molecule has 1 aromatic carbocycles. The zero-order chi connectivity index (χ0) is 12.1. The quantitative estimate of drug-likeness (QED) is 0.793. The third-order valence-electron chi connectivity index (χ3n) is 3.15. The Labute approximate surface area is 107 Å². The summed E-state index contributed by atoms with van der Waals surface area (Å²) in [6.45, 7) is 6.69. The van der Waals surface area contributed by atoms with Crippen LogP contribution in [0.1, 0.15) is 33.6 Å². The van der Waals surface area contributed by atoms with Gasteiger partial charge in [-0.15, -0.1) is 0 Å². The second kappa shape index (κ2) is 6.14. The standard InChI is InChI=1S/C13H21BrN2/c1-4-10(5-2)9(3)16-13-7-6-11(14)8-12(13)15/h6-10,16H,4-5,15H2,1-3H3. The highest BCUT2D eigenvalue weighted by Crippen LogP contribution is 2.25. The summed E-state index contributed by atoms with van der Waals surface area (Å²) < 4.78 is 1.02. The highest BCUT2D eigenvalue weighted by Gasteiger charge is 2.13. The van der Waals surface area contributed by atoms with E-state index in [4.69, 9.17) is 5.73 Å². The Morgan fingerprint density at radius 1 is 1.31 bits per heavy atom. The molecule has 1 unspecified atom stereocenters. The molecule has 0 fully saturated rings. The van der Waals surface area contributed by atoms with Gasteiger partial charge in [-0.2, -0.15) is 0 Å². The summed E-state index contributed by atoms with van der Waals surface area (Å²) >= 11 is 3.41. The molecule has 1 rings (SSSR count). The molecule has 1 aromatic rings. The van der Waals surface area contributed by atoms with Crippen LogP contribution in [0.3, 0.4) is 0 Å². The van der Waals surface area contributed by atoms with Crippen molar-refractivity contribution in [2.45, 2.75) is 39.7 Å². The second-order valence-corrected chi connectivity index (χ2v) is 5.16. The number of nitrogens with one attached hydrogen (secondary N) is 1. The van der Waals surface area contributed by atoms with E-state index in [-0.39, 0.29) is 0 Å². The van der Waals surface area contributed by atoms with Gasteiger partial charge in [-0.05, 0) is 31.0 Å². The molecule has 0 aliphatic carbocycles. The maximum absolute atomic E-state index is 5.96. The molecule has 0 spiro atoms. The van der Waals surface area contributed by atoms with Gasteiger partial charge in [0.15, 0.2) is 0 Å². The molecule has 0 aliphatic rings. The molecule has 0 heterocycles. The maximum atomic E-state index is 5.96. The van der Waals surface area contributed by atoms with E-state index < -0.39 is 0 Å². The van der Waals surface area contributed by atoms with Crippen molar-refractivity contribution in [2.75, 3.05) is 11.1 Å². The lowest BCUT2D eigenvalue weighted by molar-refractivity contribution is 0.438. The lowest BCUT2D eigenvalue weighted by atomic mass is 9.95. The summed E-state index contributed by atoms with van der Waals surface area (Å²) in [5, 5.41) is 3.49. The summed E-state index contributed by atoms with van der Waals surface area (Å²) in [5.74, 6) is 0.697. The number of nitrogen functional groups attached to an aromatic ring is 1. The van der Waals surface area contributed by atoms with E-state index in [1.807, 2.05) is 18.2 Å². The zero-order valence-corrected chi connectivity index (χ0v) is 11.8. The average Bonchev–Trinajstić information content (AvgIpc) is 2.24. The molecule has 3 N–H and O–H groups in total. The van der Waals surface area contributed by atoms with Crippen LogP contribution in [0, 0.1) is 5.92 Å². The molecule has 0 amide bonds. The summed E-state index contributed by atoms with van der Waals surface area (Å²) in [5.41, 5.74) is 7.79. The predicted molar refractivity (Wildman–Crippen MR) is 75.7 cm³/mol. The molecule has 0 bridgehead atoms. The summed E-state index contributed by atoms with van der Waals surface area (Å²) in [6.07, 6.45) is 2.39. The minimum Gasteiger partial charge on any atom is -0.397 e. The largest absolute Gasteiger partial charge is 0.397 e. The minimum absolute atomic E-state index is 0.457. The van der Waals surface area contributed by atoms with Crippen molar-refractivity contribution >= 4 is 27.3 Å². The molecule has 2 nitrogen and oxygen atoms in total. The number of hydrogen-bond acceptors (Lipinski definition) is 2. The van der Waals surface area contributed by atoms with Crippen LogP contribution >= 0.6 is 15.9 Å². The summed E-state index contributed by atoms with van der Waals surface area (Å²) in [4.78, 5) is 0. The molecule has 16 heavy (non-hydrogen) atoms. The lowest BCUT2D eigenvalue weighted by Gasteiger charge is -2.24. The van der Waals surface area contributed by atoms with E-state index in [9.17, 15) is 0 Å². The van der Waals surface area contributed by atoms with Crippen molar-refractivity contribution in [1.82, 2.24) is 0 Å². The van der Waals surface area contributed by atoms with Crippen LogP contribution in [-0.4, -0.2) is 6.04 Å². The van der Waals surface area contributed by atoms with Crippen molar-refractivity contribution in [1.29, 1.82) is 0 Å². The molecule has 0 aromatic heterocycles. The fourth-order valence-corrected chi connectivity index (χ4v) is 2.40. The Hall–Kier alpha value is -0.700. The summed E-state index contributed by atoms with van der Waals surface area (Å²) in [6, 6.07) is 6.43. The minimum atomic E-state index is 0.457. The van der Waals surface area contributed by atoms with Crippen molar-refractivity contribution < 1.29 is 0 Å². The van der Waals surface area contributed by atoms with E-state index in [2.05, 4.69) is 42.0 Å². The first-order chi connectivity index (χ1) is 7.58. The molecule has 0 saturated heterocycles. The van der Waals surface area contributed by atoms with Gasteiger partial charge in [0.25, 0.3) is 0 Å². The highest BCUT2D eigenvalue weighted by atomic mass is 79.9. The topological polar surface area (TPSA) is 38.0 Å². The van der Waals surface area contributed by atoms with Crippen molar-refractivity contribution in [3.8, 4) is 0 Å². The van der Waals surface area contributed by atoms with Crippen LogP contribution in [-0.2, 0) is 0 Å². The Morgan fingerprint density at radius 3 is 2.44 bits per heavy atom. The molecule has 90 valence electrons. The SMILES string of the molecule is CCC(CC)C(C)Nc1ccc(Br)cc1N. The van der Waals surface area contributed by atoms with Gasteiger partial charge in [-0.3, -0.25) is 0 Å². The Balaban J connectivity index is 2.72. The van der Waals surface area contributed by atoms with Gasteiger partial charge < -0.3 is 11.1 Å². The van der Waals surface area contributed by atoms with Gasteiger partial charge >= 0.3 is 0 Å². The van der Waals surface area contributed by atoms with E-state index >= 15 is 0 Å². The number of benzene rings is 1. The number of anilines is 2. The first-order valence-electron chi connectivity index (χ1n) is 5.90. The lowest BCUT2D eigenvalue weighted by Crippen LogP contribution is -2.25. The van der Waals surface area contributed by atoms with Crippen molar-refractivity contribution in [3.63, 3.8) is 0 Å². The monoisotopic (exact) mass is 284 g/mol. The van der Waals surface area contributed by atoms with Crippen LogP contribution in [0.5, 0.6) is 0 Å². The highest BCUT2D eigenvalue weighted by molar-refractivity contribution is 9.10. The number of nitrogens with two attached hydrogens (primary N) is 1. The van der Waals surface area contributed by atoms with Crippen LogP contribution < -0.4 is 11.1 Å². The van der Waals surface area contributed by atoms with E-state index in [1.165, 1.54) is 12.8 Å². The molecule has 0 saturated carbocycles. The van der Waals surface area contributed by atoms with Gasteiger partial charge in [-0.25, -0.2) is 0 Å². The average molecular weight is 285 g/mol. The molecule has 0 radical (unpaired) electrons. The third-order valence-corrected chi connectivity index (χ3v) is 3.65. The molecule has 1 atom stereocenters. The van der Waals surface area contributed by atoms with Crippen molar-refractivity contribution in [3.05, 3.63) is 22.7 Å². The normalized spacial score (nSPS) is 12.8. The third kappa shape index (κ3) is 3.41. The molecular weight excluding hydrogens is 264 g/mol. The number of rotatable bonds is 5. The van der Waals surface area contributed by atoms with E-state index in [0.717, 1.165) is 15.8 Å². The number of halogens is 1. The summed E-state index contributed by atoms with van der Waals surface area (Å²) in [7, 11) is 0. The van der Waals surface area contributed by atoms with Crippen LogP contribution in [0.2, 0.25) is 0 Å². The maximum Gasteiger partial charge on any atom is 0.0576 e. The smallest absolute Gasteiger partial charge is 0.0576 e. The van der Waals surface area contributed by atoms with Gasteiger partial charge in [0, 0.05) is 10.5 Å². The van der Waals surface area contributed by atoms with Gasteiger partial charge in [-0.1, -0.05) is 42.6 Å². The zero-order valence-electron chi connectivity index (χ0n) is 10.3. The first-order valence-corrected chi connectivity index (χ1v) is 6.69. The van der Waals surface area contributed by atoms with Crippen LogP contribution in [0.4, 0.5) is 11.4 Å². The predicted octanol–water partition coefficient (Wildman–Crippen LogP) is 4.27. The fraction of sp³-hybridized carbons (Fsp3) is 0.538. The van der Waals surface area contributed by atoms with E-state index in [1.54, 1.807) is 0 Å². The Bertz CT molecular complexity index is 335. The van der Waals surface area contributed by atoms with Crippen LogP contribution in [0.15, 0.2) is 22.7 Å². The molecular formula is C13H21BrN2. The molecule has 0 aliphatic heterocycles. The Morgan fingerprint density at radius 2 is 1.94 bits per heavy atom. The number of hydrogen-bond donors (Lipinski definition) is 2. The fourth-order valence-electron chi connectivity index (χ4n) is 2.02. The van der Waals surface area contributed by atoms with Gasteiger partial charge in [0.2, 0.25) is 0 Å². The molecule has 3 heteroatoms. The first kappa shape index (κ1) is 13.4. The van der Waals surface area contributed by atoms with Crippen LogP contribution in [0.25, 0.3) is 0 Å².